The molecule has 1 aromatic rings. The quantitative estimate of drug-likeness (QED) is 0.849. The van der Waals surface area contributed by atoms with E-state index in [0.29, 0.717) is 18.4 Å². The number of amides is 1. The van der Waals surface area contributed by atoms with Gasteiger partial charge in [0.2, 0.25) is 5.91 Å². The highest BCUT2D eigenvalue weighted by molar-refractivity contribution is 5.96. The van der Waals surface area contributed by atoms with Crippen molar-refractivity contribution in [2.24, 2.45) is 17.8 Å². The van der Waals surface area contributed by atoms with Gasteiger partial charge in [-0.3, -0.25) is 4.79 Å². The Hall–Kier alpha value is -1.77. The van der Waals surface area contributed by atoms with E-state index in [2.05, 4.69) is 17.5 Å². The zero-order valence-corrected chi connectivity index (χ0v) is 12.5. The maximum Gasteiger partial charge on any atom is 0.228 e. The number of para-hydroxylation sites is 2. The molecule has 3 heteroatoms. The van der Waals surface area contributed by atoms with Crippen LogP contribution >= 0.6 is 0 Å². The molecule has 0 spiro atoms. The Kier molecular flexibility index (Phi) is 4.28. The van der Waals surface area contributed by atoms with Gasteiger partial charge < -0.3 is 10.1 Å². The SMILES string of the molecule is CCOc1ccccc1NC(=O)[C@@H]1[C@H]2C=CCCCC[C@H]21. The molecule has 1 aromatic carbocycles. The van der Waals surface area contributed by atoms with Crippen LogP contribution in [0.4, 0.5) is 5.69 Å². The molecule has 3 rings (SSSR count). The van der Waals surface area contributed by atoms with Crippen molar-refractivity contribution < 1.29 is 9.53 Å². The first kappa shape index (κ1) is 14.2. The number of carbonyl (C=O) groups is 1. The van der Waals surface area contributed by atoms with E-state index in [-0.39, 0.29) is 11.8 Å². The molecule has 1 fully saturated rings. The van der Waals surface area contributed by atoms with Gasteiger partial charge in [-0.2, -0.15) is 0 Å². The van der Waals surface area contributed by atoms with Crippen LogP contribution in [0.2, 0.25) is 0 Å². The molecule has 1 amide bonds. The van der Waals surface area contributed by atoms with Crippen molar-refractivity contribution in [1.29, 1.82) is 0 Å². The highest BCUT2D eigenvalue weighted by Gasteiger charge is 2.52. The van der Waals surface area contributed by atoms with Crippen LogP contribution < -0.4 is 10.1 Å². The van der Waals surface area contributed by atoms with E-state index < -0.39 is 0 Å². The molecule has 3 nitrogen and oxygen atoms in total. The predicted octanol–water partition coefficient (Wildman–Crippen LogP) is 4.02. The van der Waals surface area contributed by atoms with Crippen molar-refractivity contribution in [3.8, 4) is 5.75 Å². The van der Waals surface area contributed by atoms with Gasteiger partial charge in [0.05, 0.1) is 12.3 Å². The molecule has 0 unspecified atom stereocenters. The third kappa shape index (κ3) is 3.12. The van der Waals surface area contributed by atoms with E-state index in [1.54, 1.807) is 0 Å². The van der Waals surface area contributed by atoms with Crippen LogP contribution in [-0.2, 0) is 4.79 Å². The largest absolute Gasteiger partial charge is 0.492 e. The Morgan fingerprint density at radius 2 is 2.19 bits per heavy atom. The van der Waals surface area contributed by atoms with E-state index in [9.17, 15) is 4.79 Å². The average molecular weight is 285 g/mol. The molecule has 0 radical (unpaired) electrons. The lowest BCUT2D eigenvalue weighted by atomic mass is 10.1. The lowest BCUT2D eigenvalue weighted by Crippen LogP contribution is -2.16. The molecule has 0 aromatic heterocycles. The smallest absolute Gasteiger partial charge is 0.228 e. The number of hydrogen-bond acceptors (Lipinski definition) is 2. The number of benzene rings is 1. The number of anilines is 1. The summed E-state index contributed by atoms with van der Waals surface area (Å²) < 4.78 is 5.57. The van der Waals surface area contributed by atoms with Crippen molar-refractivity contribution in [1.82, 2.24) is 0 Å². The van der Waals surface area contributed by atoms with Crippen LogP contribution in [0.3, 0.4) is 0 Å². The summed E-state index contributed by atoms with van der Waals surface area (Å²) in [7, 11) is 0. The van der Waals surface area contributed by atoms with Crippen LogP contribution in [0.5, 0.6) is 5.75 Å². The molecular weight excluding hydrogens is 262 g/mol. The number of allylic oxidation sites excluding steroid dienone is 2. The Morgan fingerprint density at radius 1 is 1.33 bits per heavy atom. The summed E-state index contributed by atoms with van der Waals surface area (Å²) in [5, 5.41) is 3.06. The zero-order chi connectivity index (χ0) is 14.7. The van der Waals surface area contributed by atoms with Gasteiger partial charge in [0.1, 0.15) is 5.75 Å². The normalized spacial score (nSPS) is 27.2. The Balaban J connectivity index is 1.67. The number of hydrogen-bond donors (Lipinski definition) is 1. The van der Waals surface area contributed by atoms with Gasteiger partial charge in [-0.25, -0.2) is 0 Å². The summed E-state index contributed by atoms with van der Waals surface area (Å²) in [6.07, 6.45) is 9.33. The van der Waals surface area contributed by atoms with Crippen LogP contribution in [0.1, 0.15) is 32.6 Å². The summed E-state index contributed by atoms with van der Waals surface area (Å²) in [6, 6.07) is 7.65. The van der Waals surface area contributed by atoms with Crippen LogP contribution in [0, 0.1) is 17.8 Å². The highest BCUT2D eigenvalue weighted by Crippen LogP contribution is 2.52. The van der Waals surface area contributed by atoms with Gasteiger partial charge in [-0.15, -0.1) is 0 Å². The van der Waals surface area contributed by atoms with Gasteiger partial charge in [-0.1, -0.05) is 30.7 Å². The number of nitrogens with one attached hydrogen (secondary N) is 1. The van der Waals surface area contributed by atoms with Crippen molar-refractivity contribution in [3.05, 3.63) is 36.4 Å². The van der Waals surface area contributed by atoms with E-state index >= 15 is 0 Å². The molecule has 1 N–H and O–H groups in total. The average Bonchev–Trinajstić information content (AvgIpc) is 3.12. The van der Waals surface area contributed by atoms with E-state index in [4.69, 9.17) is 4.74 Å². The third-order valence-electron chi connectivity index (χ3n) is 4.49. The molecule has 2 aliphatic carbocycles. The second-order valence-corrected chi connectivity index (χ2v) is 5.90. The number of carbonyl (C=O) groups excluding carboxylic acids is 1. The second kappa shape index (κ2) is 6.33. The first-order chi connectivity index (χ1) is 10.3. The molecule has 0 bridgehead atoms. The third-order valence-corrected chi connectivity index (χ3v) is 4.49. The molecule has 1 saturated carbocycles. The molecule has 112 valence electrons. The predicted molar refractivity (Wildman–Crippen MR) is 84.3 cm³/mol. The number of ether oxygens (including phenoxy) is 1. The molecule has 3 atom stereocenters. The van der Waals surface area contributed by atoms with Gasteiger partial charge in [0.25, 0.3) is 0 Å². The Labute approximate surface area is 126 Å². The minimum atomic E-state index is 0.142. The monoisotopic (exact) mass is 285 g/mol. The highest BCUT2D eigenvalue weighted by atomic mass is 16.5. The summed E-state index contributed by atoms with van der Waals surface area (Å²) in [4.78, 5) is 12.5. The molecule has 2 aliphatic rings. The van der Waals surface area contributed by atoms with Crippen LogP contribution in [0.15, 0.2) is 36.4 Å². The van der Waals surface area contributed by atoms with Crippen molar-refractivity contribution >= 4 is 11.6 Å². The fraction of sp³-hybridized carbons (Fsp3) is 0.500. The maximum absolute atomic E-state index is 12.5. The van der Waals surface area contributed by atoms with Gasteiger partial charge >= 0.3 is 0 Å². The molecular formula is C18H23NO2. The summed E-state index contributed by atoms with van der Waals surface area (Å²) in [5.74, 6) is 2.03. The van der Waals surface area contributed by atoms with Gasteiger partial charge in [0.15, 0.2) is 0 Å². The molecule has 0 aliphatic heterocycles. The lowest BCUT2D eigenvalue weighted by molar-refractivity contribution is -0.117. The minimum absolute atomic E-state index is 0.142. The van der Waals surface area contributed by atoms with Crippen molar-refractivity contribution in [2.45, 2.75) is 32.6 Å². The number of rotatable bonds is 4. The van der Waals surface area contributed by atoms with E-state index in [0.717, 1.165) is 17.9 Å². The zero-order valence-electron chi connectivity index (χ0n) is 12.5. The number of fused-ring (bicyclic) bond motifs is 1. The molecule has 21 heavy (non-hydrogen) atoms. The van der Waals surface area contributed by atoms with Gasteiger partial charge in [0, 0.05) is 5.92 Å². The fourth-order valence-electron chi connectivity index (χ4n) is 3.37. The lowest BCUT2D eigenvalue weighted by Gasteiger charge is -2.11. The van der Waals surface area contributed by atoms with E-state index in [1.165, 1.54) is 19.3 Å². The first-order valence-electron chi connectivity index (χ1n) is 8.00. The van der Waals surface area contributed by atoms with Gasteiger partial charge in [-0.05, 0) is 50.2 Å². The maximum atomic E-state index is 12.5. The van der Waals surface area contributed by atoms with Crippen LogP contribution in [-0.4, -0.2) is 12.5 Å². The summed E-state index contributed by atoms with van der Waals surface area (Å²) in [5.41, 5.74) is 0.785. The molecule has 0 saturated heterocycles. The van der Waals surface area contributed by atoms with E-state index in [1.807, 2.05) is 31.2 Å². The fourth-order valence-corrected chi connectivity index (χ4v) is 3.37. The minimum Gasteiger partial charge on any atom is -0.492 e. The molecule has 0 heterocycles. The standard InChI is InChI=1S/C18H23NO2/c1-2-21-16-12-8-7-11-15(16)19-18(20)17-13-9-5-3-4-6-10-14(13)17/h5,7-9,11-14,17H,2-4,6,10H2,1H3,(H,19,20)/t13-,14+,17+/m0/s1. The first-order valence-corrected chi connectivity index (χ1v) is 8.00. The summed E-state index contributed by atoms with van der Waals surface area (Å²) in [6.45, 7) is 2.55. The Bertz CT molecular complexity index is 538. The second-order valence-electron chi connectivity index (χ2n) is 5.90. The van der Waals surface area contributed by atoms with Crippen LogP contribution in [0.25, 0.3) is 0 Å². The van der Waals surface area contributed by atoms with Crippen molar-refractivity contribution in [3.63, 3.8) is 0 Å². The Morgan fingerprint density at radius 3 is 3.05 bits per heavy atom. The topological polar surface area (TPSA) is 38.3 Å². The van der Waals surface area contributed by atoms with Crippen molar-refractivity contribution in [2.75, 3.05) is 11.9 Å². The summed E-state index contributed by atoms with van der Waals surface area (Å²) >= 11 is 0.